The van der Waals surface area contributed by atoms with Gasteiger partial charge in [-0.3, -0.25) is 4.79 Å². The Hall–Kier alpha value is -1.79. The van der Waals surface area contributed by atoms with Gasteiger partial charge in [0.1, 0.15) is 5.65 Å². The summed E-state index contributed by atoms with van der Waals surface area (Å²) in [6.07, 6.45) is 5.87. The number of nitrogens with two attached hydrogens (primary N) is 1. The highest BCUT2D eigenvalue weighted by molar-refractivity contribution is 6.35. The van der Waals surface area contributed by atoms with Crippen molar-refractivity contribution in [2.24, 2.45) is 5.73 Å². The molecule has 1 fully saturated rings. The Morgan fingerprint density at radius 2 is 2.45 bits per heavy atom. The van der Waals surface area contributed by atoms with Crippen LogP contribution in [-0.2, 0) is 4.79 Å². The zero-order valence-corrected chi connectivity index (χ0v) is 13.3. The zero-order valence-electron chi connectivity index (χ0n) is 12.5. The van der Waals surface area contributed by atoms with Gasteiger partial charge in [0.25, 0.3) is 0 Å². The quantitative estimate of drug-likeness (QED) is 0.810. The predicted molar refractivity (Wildman–Crippen MR) is 89.4 cm³/mol. The third-order valence-electron chi connectivity index (χ3n) is 4.00. The molecule has 1 saturated heterocycles. The van der Waals surface area contributed by atoms with Crippen LogP contribution in [0, 0.1) is 0 Å². The second-order valence-electron chi connectivity index (χ2n) is 5.63. The molecule has 3 rings (SSSR count). The fraction of sp³-hybridized carbons (Fsp3) is 0.467. The maximum atomic E-state index is 11.7. The van der Waals surface area contributed by atoms with Crippen LogP contribution in [0.25, 0.3) is 11.0 Å². The molecule has 1 unspecified atom stereocenters. The van der Waals surface area contributed by atoms with E-state index in [1.54, 1.807) is 12.4 Å². The van der Waals surface area contributed by atoms with E-state index in [0.717, 1.165) is 37.0 Å². The lowest BCUT2D eigenvalue weighted by Gasteiger charge is -2.33. The van der Waals surface area contributed by atoms with Gasteiger partial charge in [-0.1, -0.05) is 18.5 Å². The summed E-state index contributed by atoms with van der Waals surface area (Å²) in [6, 6.07) is 0.139. The summed E-state index contributed by atoms with van der Waals surface area (Å²) in [4.78, 5) is 21.3. The van der Waals surface area contributed by atoms with E-state index in [1.165, 1.54) is 0 Å². The molecule has 3 heterocycles. The van der Waals surface area contributed by atoms with E-state index >= 15 is 0 Å². The summed E-state index contributed by atoms with van der Waals surface area (Å²) in [5.41, 5.74) is 8.42. The Morgan fingerprint density at radius 1 is 1.64 bits per heavy atom. The molecule has 1 aliphatic heterocycles. The molecule has 0 aromatic carbocycles. The molecule has 1 aliphatic rings. The number of carbonyl (C=O) groups is 1. The highest BCUT2D eigenvalue weighted by atomic mass is 35.5. The first-order valence-electron chi connectivity index (χ1n) is 7.56. The fourth-order valence-electron chi connectivity index (χ4n) is 2.92. The normalized spacial score (nSPS) is 18.7. The number of rotatable bonds is 3. The van der Waals surface area contributed by atoms with Crippen LogP contribution in [0.15, 0.2) is 12.4 Å². The molecule has 6 nitrogen and oxygen atoms in total. The summed E-state index contributed by atoms with van der Waals surface area (Å²) >= 11 is 6.41. The molecule has 7 heteroatoms. The lowest BCUT2D eigenvalue weighted by molar-refractivity contribution is -0.115. The number of carbonyl (C=O) groups excluding carboxylic acids is 1. The van der Waals surface area contributed by atoms with E-state index in [9.17, 15) is 4.79 Å². The van der Waals surface area contributed by atoms with Crippen molar-refractivity contribution in [3.05, 3.63) is 17.4 Å². The molecule has 1 amide bonds. The van der Waals surface area contributed by atoms with Gasteiger partial charge in [0.05, 0.1) is 28.0 Å². The number of pyridine rings is 1. The first kappa shape index (κ1) is 15.1. The second-order valence-corrected chi connectivity index (χ2v) is 6.04. The number of aromatic amines is 1. The van der Waals surface area contributed by atoms with E-state index in [1.807, 2.05) is 6.92 Å². The number of nitrogens with one attached hydrogen (secondary N) is 2. The fourth-order valence-corrected chi connectivity index (χ4v) is 3.18. The van der Waals surface area contributed by atoms with Crippen molar-refractivity contribution in [1.29, 1.82) is 0 Å². The smallest absolute Gasteiger partial charge is 0.224 e. The van der Waals surface area contributed by atoms with Crippen molar-refractivity contribution in [3.63, 3.8) is 0 Å². The Bertz CT molecular complexity index is 699. The monoisotopic (exact) mass is 321 g/mol. The molecule has 4 N–H and O–H groups in total. The average Bonchev–Trinajstić information content (AvgIpc) is 2.90. The number of halogens is 1. The Balaban J connectivity index is 2.08. The lowest BCUT2D eigenvalue weighted by atomic mass is 10.1. The van der Waals surface area contributed by atoms with Crippen LogP contribution in [0.3, 0.4) is 0 Å². The maximum Gasteiger partial charge on any atom is 0.224 e. The Kier molecular flexibility index (Phi) is 4.22. The molecule has 2 aromatic heterocycles. The summed E-state index contributed by atoms with van der Waals surface area (Å²) in [5.74, 6) is -0.0397. The first-order valence-corrected chi connectivity index (χ1v) is 7.94. The topological polar surface area (TPSA) is 87.0 Å². The summed E-state index contributed by atoms with van der Waals surface area (Å²) < 4.78 is 0. The van der Waals surface area contributed by atoms with Crippen LogP contribution in [-0.4, -0.2) is 35.0 Å². The van der Waals surface area contributed by atoms with Crippen LogP contribution in [0.2, 0.25) is 5.02 Å². The van der Waals surface area contributed by atoms with E-state index < -0.39 is 0 Å². The van der Waals surface area contributed by atoms with Crippen molar-refractivity contribution in [1.82, 2.24) is 9.97 Å². The van der Waals surface area contributed by atoms with Gasteiger partial charge in [-0.05, 0) is 12.8 Å². The largest absolute Gasteiger partial charge is 0.368 e. The van der Waals surface area contributed by atoms with Crippen LogP contribution >= 0.6 is 11.6 Å². The number of aromatic nitrogens is 2. The molecule has 2 aromatic rings. The molecule has 22 heavy (non-hydrogen) atoms. The number of piperidine rings is 1. The predicted octanol–water partition coefficient (Wildman–Crippen LogP) is 2.49. The minimum Gasteiger partial charge on any atom is -0.368 e. The number of H-pyrrole nitrogens is 1. The lowest BCUT2D eigenvalue weighted by Crippen LogP contribution is -2.43. The van der Waals surface area contributed by atoms with E-state index in [-0.39, 0.29) is 11.9 Å². The van der Waals surface area contributed by atoms with E-state index in [4.69, 9.17) is 17.3 Å². The number of nitrogens with zero attached hydrogens (tertiary/aromatic N) is 2. The molecule has 0 bridgehead atoms. The SMILES string of the molecule is CCC(=O)Nc1c[nH]c2ncc(Cl)c(N3CCCC(N)C3)c12. The van der Waals surface area contributed by atoms with Gasteiger partial charge in [0.15, 0.2) is 0 Å². The van der Waals surface area contributed by atoms with Gasteiger partial charge < -0.3 is 20.9 Å². The van der Waals surface area contributed by atoms with Gasteiger partial charge in [0, 0.05) is 31.7 Å². The van der Waals surface area contributed by atoms with Gasteiger partial charge in [0.2, 0.25) is 5.91 Å². The molecule has 1 atom stereocenters. The highest BCUT2D eigenvalue weighted by Gasteiger charge is 2.23. The minimum absolute atomic E-state index is 0.0397. The van der Waals surface area contributed by atoms with Gasteiger partial charge in [-0.2, -0.15) is 0 Å². The zero-order chi connectivity index (χ0) is 15.7. The van der Waals surface area contributed by atoms with Crippen LogP contribution < -0.4 is 16.0 Å². The number of fused-ring (bicyclic) bond motifs is 1. The van der Waals surface area contributed by atoms with Crippen LogP contribution in [0.5, 0.6) is 0 Å². The van der Waals surface area contributed by atoms with Crippen LogP contribution in [0.4, 0.5) is 11.4 Å². The van der Waals surface area contributed by atoms with Crippen molar-refractivity contribution in [2.45, 2.75) is 32.2 Å². The van der Waals surface area contributed by atoms with Crippen molar-refractivity contribution < 1.29 is 4.79 Å². The first-order chi connectivity index (χ1) is 10.6. The number of amides is 1. The summed E-state index contributed by atoms with van der Waals surface area (Å²) in [6.45, 7) is 3.48. The standard InChI is InChI=1S/C15H20ClN5O/c1-2-12(22)20-11-7-19-15-13(11)14(10(16)6-18-15)21-5-3-4-9(17)8-21/h6-7,9H,2-5,8,17H2,1H3,(H,18,19)(H,20,22). The maximum absolute atomic E-state index is 11.7. The Labute approximate surface area is 134 Å². The summed E-state index contributed by atoms with van der Waals surface area (Å²) in [5, 5.41) is 4.33. The second kappa shape index (κ2) is 6.14. The van der Waals surface area contributed by atoms with Gasteiger partial charge in [-0.25, -0.2) is 4.98 Å². The molecular formula is C15H20ClN5O. The van der Waals surface area contributed by atoms with E-state index in [0.29, 0.717) is 22.8 Å². The van der Waals surface area contributed by atoms with Gasteiger partial charge in [-0.15, -0.1) is 0 Å². The number of hydrogen-bond acceptors (Lipinski definition) is 4. The molecular weight excluding hydrogens is 302 g/mol. The summed E-state index contributed by atoms with van der Waals surface area (Å²) in [7, 11) is 0. The Morgan fingerprint density at radius 3 is 3.18 bits per heavy atom. The van der Waals surface area contributed by atoms with Crippen molar-refractivity contribution in [2.75, 3.05) is 23.3 Å². The van der Waals surface area contributed by atoms with E-state index in [2.05, 4.69) is 20.2 Å². The number of hydrogen-bond donors (Lipinski definition) is 3. The molecule has 0 aliphatic carbocycles. The third kappa shape index (κ3) is 2.76. The average molecular weight is 322 g/mol. The molecule has 0 radical (unpaired) electrons. The van der Waals surface area contributed by atoms with Crippen molar-refractivity contribution >= 4 is 39.9 Å². The third-order valence-corrected chi connectivity index (χ3v) is 4.28. The molecule has 0 spiro atoms. The van der Waals surface area contributed by atoms with Crippen LogP contribution in [0.1, 0.15) is 26.2 Å². The van der Waals surface area contributed by atoms with Gasteiger partial charge >= 0.3 is 0 Å². The number of anilines is 2. The minimum atomic E-state index is -0.0397. The molecule has 0 saturated carbocycles. The highest BCUT2D eigenvalue weighted by Crippen LogP contribution is 2.38. The van der Waals surface area contributed by atoms with Crippen molar-refractivity contribution in [3.8, 4) is 0 Å². The molecule has 118 valence electrons.